The molecule has 1 atom stereocenters. The standard InChI is InChI=1S/C30H28N2O5S/c1-35-23-13-7-11-21(17-23)29(33)31-22-12-8-14-25(18-22)38-28(20-9-5-4-6-10-20)30(34)32-26-16-15-24(36-2)19-27(26)37-3/h4-19,28H,1-3H3,(H,31,33)(H,32,34). The zero-order chi connectivity index (χ0) is 26.9. The predicted octanol–water partition coefficient (Wildman–Crippen LogP) is 6.44. The number of methoxy groups -OCH3 is 3. The van der Waals surface area contributed by atoms with Crippen LogP contribution in [0.2, 0.25) is 0 Å². The molecular formula is C30H28N2O5S. The summed E-state index contributed by atoms with van der Waals surface area (Å²) in [7, 11) is 4.67. The van der Waals surface area contributed by atoms with Crippen molar-refractivity contribution in [2.75, 3.05) is 32.0 Å². The van der Waals surface area contributed by atoms with Crippen LogP contribution in [0.15, 0.2) is 102 Å². The van der Waals surface area contributed by atoms with Gasteiger partial charge in [0, 0.05) is 22.2 Å². The fourth-order valence-corrected chi connectivity index (χ4v) is 4.84. The van der Waals surface area contributed by atoms with Crippen molar-refractivity contribution in [1.29, 1.82) is 0 Å². The molecule has 0 saturated carbocycles. The predicted molar refractivity (Wildman–Crippen MR) is 151 cm³/mol. The number of carbonyl (C=O) groups excluding carboxylic acids is 2. The molecule has 2 N–H and O–H groups in total. The van der Waals surface area contributed by atoms with Crippen molar-refractivity contribution in [2.45, 2.75) is 10.1 Å². The number of carbonyl (C=O) groups is 2. The zero-order valence-electron chi connectivity index (χ0n) is 21.3. The van der Waals surface area contributed by atoms with Crippen LogP contribution in [0.3, 0.4) is 0 Å². The summed E-state index contributed by atoms with van der Waals surface area (Å²) in [5.41, 5.74) is 2.48. The summed E-state index contributed by atoms with van der Waals surface area (Å²) in [5.74, 6) is 1.26. The van der Waals surface area contributed by atoms with Gasteiger partial charge in [-0.05, 0) is 54.1 Å². The number of benzene rings is 4. The van der Waals surface area contributed by atoms with Crippen molar-refractivity contribution >= 4 is 35.0 Å². The van der Waals surface area contributed by atoms with Gasteiger partial charge in [0.15, 0.2) is 0 Å². The second-order valence-corrected chi connectivity index (χ2v) is 9.36. The summed E-state index contributed by atoms with van der Waals surface area (Å²) in [5, 5.41) is 5.35. The first kappa shape index (κ1) is 26.6. The number of thioether (sulfide) groups is 1. The lowest BCUT2D eigenvalue weighted by Crippen LogP contribution is -2.19. The van der Waals surface area contributed by atoms with Crippen molar-refractivity contribution in [3.63, 3.8) is 0 Å². The van der Waals surface area contributed by atoms with Crippen molar-refractivity contribution in [2.24, 2.45) is 0 Å². The minimum Gasteiger partial charge on any atom is -0.497 e. The Bertz CT molecular complexity index is 1410. The van der Waals surface area contributed by atoms with Gasteiger partial charge in [0.05, 0.1) is 27.0 Å². The molecule has 4 aromatic rings. The normalized spacial score (nSPS) is 11.2. The van der Waals surface area contributed by atoms with Gasteiger partial charge in [-0.15, -0.1) is 11.8 Å². The molecule has 8 heteroatoms. The van der Waals surface area contributed by atoms with Crippen LogP contribution < -0.4 is 24.8 Å². The Hall–Kier alpha value is -4.43. The van der Waals surface area contributed by atoms with Crippen LogP contribution in [-0.2, 0) is 4.79 Å². The topological polar surface area (TPSA) is 85.9 Å². The fourth-order valence-electron chi connectivity index (χ4n) is 3.75. The second-order valence-electron chi connectivity index (χ2n) is 8.18. The average molecular weight is 529 g/mol. The number of ether oxygens (including phenoxy) is 3. The Kier molecular flexibility index (Phi) is 8.89. The van der Waals surface area contributed by atoms with E-state index in [-0.39, 0.29) is 11.8 Å². The third-order valence-corrected chi connectivity index (χ3v) is 6.93. The van der Waals surface area contributed by atoms with Crippen molar-refractivity contribution in [3.8, 4) is 17.2 Å². The first-order valence-electron chi connectivity index (χ1n) is 11.8. The summed E-state index contributed by atoms with van der Waals surface area (Å²) >= 11 is 1.38. The van der Waals surface area contributed by atoms with E-state index < -0.39 is 5.25 Å². The molecule has 0 spiro atoms. The van der Waals surface area contributed by atoms with Crippen LogP contribution in [0.25, 0.3) is 0 Å². The van der Waals surface area contributed by atoms with Gasteiger partial charge < -0.3 is 24.8 Å². The summed E-state index contributed by atoms with van der Waals surface area (Å²) in [6.45, 7) is 0. The van der Waals surface area contributed by atoms with Gasteiger partial charge >= 0.3 is 0 Å². The maximum atomic E-state index is 13.5. The van der Waals surface area contributed by atoms with Gasteiger partial charge in [-0.2, -0.15) is 0 Å². The molecule has 0 aliphatic carbocycles. The van der Waals surface area contributed by atoms with E-state index in [1.807, 2.05) is 54.6 Å². The summed E-state index contributed by atoms with van der Waals surface area (Å²) in [4.78, 5) is 27.2. The van der Waals surface area contributed by atoms with E-state index in [0.717, 1.165) is 10.5 Å². The molecule has 7 nitrogen and oxygen atoms in total. The lowest BCUT2D eigenvalue weighted by Gasteiger charge is -2.19. The average Bonchev–Trinajstić information content (AvgIpc) is 2.96. The minimum absolute atomic E-state index is 0.213. The van der Waals surface area contributed by atoms with Crippen molar-refractivity contribution in [3.05, 3.63) is 108 Å². The van der Waals surface area contributed by atoms with Gasteiger partial charge in [-0.3, -0.25) is 9.59 Å². The van der Waals surface area contributed by atoms with Gasteiger partial charge in [0.25, 0.3) is 5.91 Å². The lowest BCUT2D eigenvalue weighted by molar-refractivity contribution is -0.115. The number of amides is 2. The third-order valence-electron chi connectivity index (χ3n) is 5.68. The molecule has 0 heterocycles. The molecule has 38 heavy (non-hydrogen) atoms. The molecule has 4 aromatic carbocycles. The summed E-state index contributed by atoms with van der Waals surface area (Å²) < 4.78 is 15.9. The number of hydrogen-bond acceptors (Lipinski definition) is 6. The Morgan fingerprint density at radius 2 is 1.45 bits per heavy atom. The maximum absolute atomic E-state index is 13.5. The molecule has 194 valence electrons. The zero-order valence-corrected chi connectivity index (χ0v) is 22.1. The SMILES string of the molecule is COc1cccc(C(=O)Nc2cccc(SC(C(=O)Nc3ccc(OC)cc3OC)c3ccccc3)c2)c1. The van der Waals surface area contributed by atoms with Crippen molar-refractivity contribution in [1.82, 2.24) is 0 Å². The Morgan fingerprint density at radius 1 is 0.711 bits per heavy atom. The molecule has 4 rings (SSSR count). The highest BCUT2D eigenvalue weighted by Gasteiger charge is 2.23. The Balaban J connectivity index is 1.55. The molecule has 2 amide bonds. The smallest absolute Gasteiger partial charge is 0.255 e. The van der Waals surface area contributed by atoms with E-state index in [2.05, 4.69) is 10.6 Å². The quantitative estimate of drug-likeness (QED) is 0.231. The van der Waals surface area contributed by atoms with E-state index in [4.69, 9.17) is 14.2 Å². The van der Waals surface area contributed by atoms with Crippen LogP contribution in [-0.4, -0.2) is 33.1 Å². The highest BCUT2D eigenvalue weighted by Crippen LogP contribution is 2.38. The minimum atomic E-state index is -0.563. The largest absolute Gasteiger partial charge is 0.497 e. The van der Waals surface area contributed by atoms with Crippen LogP contribution >= 0.6 is 11.8 Å². The van der Waals surface area contributed by atoms with E-state index in [0.29, 0.717) is 34.2 Å². The molecule has 0 fully saturated rings. The molecule has 1 unspecified atom stereocenters. The van der Waals surface area contributed by atoms with Gasteiger partial charge in [-0.1, -0.05) is 42.5 Å². The number of nitrogens with one attached hydrogen (secondary N) is 2. The van der Waals surface area contributed by atoms with Crippen LogP contribution in [0.5, 0.6) is 17.2 Å². The van der Waals surface area contributed by atoms with Gasteiger partial charge in [0.2, 0.25) is 5.91 Å². The number of rotatable bonds is 10. The maximum Gasteiger partial charge on any atom is 0.255 e. The first-order valence-corrected chi connectivity index (χ1v) is 12.7. The molecule has 0 aliphatic rings. The van der Waals surface area contributed by atoms with E-state index >= 15 is 0 Å². The highest BCUT2D eigenvalue weighted by atomic mass is 32.2. The monoisotopic (exact) mass is 528 g/mol. The lowest BCUT2D eigenvalue weighted by atomic mass is 10.1. The summed E-state index contributed by atoms with van der Waals surface area (Å²) in [6.07, 6.45) is 0. The number of hydrogen-bond donors (Lipinski definition) is 2. The van der Waals surface area contributed by atoms with Crippen molar-refractivity contribution < 1.29 is 23.8 Å². The third kappa shape index (κ3) is 6.66. The van der Waals surface area contributed by atoms with Crippen LogP contribution in [0, 0.1) is 0 Å². The van der Waals surface area contributed by atoms with Gasteiger partial charge in [-0.25, -0.2) is 0 Å². The molecular weight excluding hydrogens is 500 g/mol. The van der Waals surface area contributed by atoms with E-state index in [9.17, 15) is 9.59 Å². The Morgan fingerprint density at radius 3 is 2.18 bits per heavy atom. The molecule has 0 radical (unpaired) electrons. The van der Waals surface area contributed by atoms with Crippen LogP contribution in [0.1, 0.15) is 21.2 Å². The second kappa shape index (κ2) is 12.7. The first-order chi connectivity index (χ1) is 18.5. The highest BCUT2D eigenvalue weighted by molar-refractivity contribution is 8.00. The van der Waals surface area contributed by atoms with E-state index in [1.165, 1.54) is 11.8 Å². The van der Waals surface area contributed by atoms with Gasteiger partial charge in [0.1, 0.15) is 22.5 Å². The molecule has 0 bridgehead atoms. The molecule has 0 aromatic heterocycles. The Labute approximate surface area is 226 Å². The molecule has 0 aliphatic heterocycles. The van der Waals surface area contributed by atoms with E-state index in [1.54, 1.807) is 63.8 Å². The summed E-state index contributed by atoms with van der Waals surface area (Å²) in [6, 6.07) is 29.1. The number of anilines is 2. The molecule has 0 saturated heterocycles. The fraction of sp³-hybridized carbons (Fsp3) is 0.133. The van der Waals surface area contributed by atoms with Crippen LogP contribution in [0.4, 0.5) is 11.4 Å².